The predicted octanol–water partition coefficient (Wildman–Crippen LogP) is 3.56. The molecule has 0 fully saturated rings. The molecule has 0 bridgehead atoms. The van der Waals surface area contributed by atoms with Crippen LogP contribution >= 0.6 is 11.6 Å². The summed E-state index contributed by atoms with van der Waals surface area (Å²) in [5.74, 6) is -0.339. The summed E-state index contributed by atoms with van der Waals surface area (Å²) in [5, 5.41) is 0.483. The van der Waals surface area contributed by atoms with Gasteiger partial charge in [-0.1, -0.05) is 29.8 Å². The Labute approximate surface area is 115 Å². The van der Waals surface area contributed by atoms with Crippen LogP contribution in [0.2, 0.25) is 5.02 Å². The zero-order chi connectivity index (χ0) is 13.4. The van der Waals surface area contributed by atoms with Crippen LogP contribution in [0.5, 0.6) is 0 Å². The van der Waals surface area contributed by atoms with Crippen molar-refractivity contribution < 1.29 is 9.13 Å². The molecule has 2 nitrogen and oxygen atoms in total. The lowest BCUT2D eigenvalue weighted by Crippen LogP contribution is -2.14. The van der Waals surface area contributed by atoms with Crippen molar-refractivity contribution >= 4 is 11.6 Å². The van der Waals surface area contributed by atoms with E-state index < -0.39 is 6.04 Å². The monoisotopic (exact) mass is 277 g/mol. The average molecular weight is 278 g/mol. The fourth-order valence-electron chi connectivity index (χ4n) is 2.32. The van der Waals surface area contributed by atoms with Crippen molar-refractivity contribution in [3.8, 4) is 0 Å². The summed E-state index contributed by atoms with van der Waals surface area (Å²) in [4.78, 5) is 0. The van der Waals surface area contributed by atoms with Crippen molar-refractivity contribution in [3.63, 3.8) is 0 Å². The van der Waals surface area contributed by atoms with E-state index in [1.165, 1.54) is 17.7 Å². The molecule has 1 atom stereocenters. The van der Waals surface area contributed by atoms with Crippen LogP contribution in [0.25, 0.3) is 0 Å². The maximum absolute atomic E-state index is 13.8. The van der Waals surface area contributed by atoms with Crippen LogP contribution in [0, 0.1) is 5.82 Å². The first-order valence-electron chi connectivity index (χ1n) is 6.05. The molecule has 19 heavy (non-hydrogen) atoms. The van der Waals surface area contributed by atoms with Crippen LogP contribution in [0.4, 0.5) is 4.39 Å². The first-order valence-corrected chi connectivity index (χ1v) is 6.43. The second kappa shape index (κ2) is 4.93. The van der Waals surface area contributed by atoms with E-state index in [0.717, 1.165) is 11.1 Å². The molecule has 1 aliphatic rings. The maximum Gasteiger partial charge on any atom is 0.128 e. The maximum atomic E-state index is 13.8. The highest BCUT2D eigenvalue weighted by atomic mass is 35.5. The van der Waals surface area contributed by atoms with Gasteiger partial charge >= 0.3 is 0 Å². The largest absolute Gasteiger partial charge is 0.372 e. The number of ether oxygens (including phenoxy) is 1. The number of hydrogen-bond acceptors (Lipinski definition) is 2. The molecular weight excluding hydrogens is 265 g/mol. The topological polar surface area (TPSA) is 35.2 Å². The number of halogens is 2. The van der Waals surface area contributed by atoms with Gasteiger partial charge < -0.3 is 10.5 Å². The molecule has 0 amide bonds. The van der Waals surface area contributed by atoms with Crippen LogP contribution in [-0.2, 0) is 18.0 Å². The molecular formula is C15H13ClFNO. The van der Waals surface area contributed by atoms with Crippen molar-refractivity contribution in [1.29, 1.82) is 0 Å². The van der Waals surface area contributed by atoms with Gasteiger partial charge in [0.2, 0.25) is 0 Å². The molecule has 2 aromatic rings. The first kappa shape index (κ1) is 12.6. The molecule has 0 spiro atoms. The van der Waals surface area contributed by atoms with Crippen LogP contribution in [0.1, 0.15) is 28.3 Å². The van der Waals surface area contributed by atoms with Gasteiger partial charge in [-0.25, -0.2) is 4.39 Å². The lowest BCUT2D eigenvalue weighted by Gasteiger charge is -2.15. The quantitative estimate of drug-likeness (QED) is 0.911. The third-order valence-corrected chi connectivity index (χ3v) is 3.63. The Morgan fingerprint density at radius 2 is 1.89 bits per heavy atom. The molecule has 2 N–H and O–H groups in total. The SMILES string of the molecule is NC(c1ccc2c(c1)COC2)c1cc(Cl)ccc1F. The molecule has 0 radical (unpaired) electrons. The molecule has 1 aliphatic heterocycles. The van der Waals surface area contributed by atoms with Crippen molar-refractivity contribution in [3.05, 3.63) is 69.5 Å². The van der Waals surface area contributed by atoms with Crippen LogP contribution in [0.3, 0.4) is 0 Å². The van der Waals surface area contributed by atoms with E-state index >= 15 is 0 Å². The van der Waals surface area contributed by atoms with Gasteiger partial charge in [-0.15, -0.1) is 0 Å². The predicted molar refractivity (Wildman–Crippen MR) is 72.4 cm³/mol. The highest BCUT2D eigenvalue weighted by molar-refractivity contribution is 6.30. The number of fused-ring (bicyclic) bond motifs is 1. The lowest BCUT2D eigenvalue weighted by atomic mass is 9.96. The minimum absolute atomic E-state index is 0.339. The molecule has 0 aliphatic carbocycles. The van der Waals surface area contributed by atoms with Gasteiger partial charge in [0.05, 0.1) is 19.3 Å². The molecule has 98 valence electrons. The Bertz CT molecular complexity index is 630. The van der Waals surface area contributed by atoms with Crippen molar-refractivity contribution in [2.45, 2.75) is 19.3 Å². The second-order valence-electron chi connectivity index (χ2n) is 4.66. The molecule has 2 aromatic carbocycles. The van der Waals surface area contributed by atoms with Crippen molar-refractivity contribution in [2.24, 2.45) is 5.73 Å². The fraction of sp³-hybridized carbons (Fsp3) is 0.200. The van der Waals surface area contributed by atoms with Crippen molar-refractivity contribution in [1.82, 2.24) is 0 Å². The van der Waals surface area contributed by atoms with Crippen LogP contribution < -0.4 is 5.73 Å². The molecule has 1 unspecified atom stereocenters. The Balaban J connectivity index is 1.99. The highest BCUT2D eigenvalue weighted by Crippen LogP contribution is 2.28. The van der Waals surface area contributed by atoms with Gasteiger partial charge in [0.1, 0.15) is 5.82 Å². The Morgan fingerprint density at radius 1 is 1.11 bits per heavy atom. The number of rotatable bonds is 2. The normalized spacial score (nSPS) is 15.3. The van der Waals surface area contributed by atoms with E-state index in [2.05, 4.69) is 0 Å². The summed E-state index contributed by atoms with van der Waals surface area (Å²) in [6.45, 7) is 1.23. The molecule has 1 heterocycles. The molecule has 3 rings (SSSR count). The number of benzene rings is 2. The minimum Gasteiger partial charge on any atom is -0.372 e. The van der Waals surface area contributed by atoms with E-state index in [0.29, 0.717) is 23.8 Å². The third kappa shape index (κ3) is 2.37. The van der Waals surface area contributed by atoms with E-state index in [-0.39, 0.29) is 5.82 Å². The summed E-state index contributed by atoms with van der Waals surface area (Å²) in [6.07, 6.45) is 0. The van der Waals surface area contributed by atoms with Gasteiger partial charge in [-0.3, -0.25) is 0 Å². The van der Waals surface area contributed by atoms with Gasteiger partial charge in [0.25, 0.3) is 0 Å². The molecule has 0 aromatic heterocycles. The molecule has 0 saturated heterocycles. The highest BCUT2D eigenvalue weighted by Gasteiger charge is 2.17. The van der Waals surface area contributed by atoms with Crippen molar-refractivity contribution in [2.75, 3.05) is 0 Å². The summed E-state index contributed by atoms with van der Waals surface area (Å²) < 4.78 is 19.2. The minimum atomic E-state index is -0.524. The van der Waals surface area contributed by atoms with E-state index in [1.54, 1.807) is 6.07 Å². The van der Waals surface area contributed by atoms with Gasteiger partial charge in [0, 0.05) is 10.6 Å². The zero-order valence-electron chi connectivity index (χ0n) is 10.2. The smallest absolute Gasteiger partial charge is 0.128 e. The fourth-order valence-corrected chi connectivity index (χ4v) is 2.50. The molecule has 4 heteroatoms. The Hall–Kier alpha value is -1.42. The average Bonchev–Trinajstić information content (AvgIpc) is 2.88. The third-order valence-electron chi connectivity index (χ3n) is 3.40. The summed E-state index contributed by atoms with van der Waals surface area (Å²) in [6, 6.07) is 9.79. The lowest BCUT2D eigenvalue weighted by molar-refractivity contribution is 0.134. The van der Waals surface area contributed by atoms with Gasteiger partial charge in [-0.2, -0.15) is 0 Å². The van der Waals surface area contributed by atoms with Crippen LogP contribution in [0.15, 0.2) is 36.4 Å². The molecule has 0 saturated carbocycles. The van der Waals surface area contributed by atoms with E-state index in [9.17, 15) is 4.39 Å². The summed E-state index contributed by atoms with van der Waals surface area (Å²) in [7, 11) is 0. The summed E-state index contributed by atoms with van der Waals surface area (Å²) in [5.41, 5.74) is 9.71. The van der Waals surface area contributed by atoms with E-state index in [4.69, 9.17) is 22.1 Å². The van der Waals surface area contributed by atoms with E-state index in [1.807, 2.05) is 18.2 Å². The zero-order valence-corrected chi connectivity index (χ0v) is 11.0. The van der Waals surface area contributed by atoms with Gasteiger partial charge in [0.15, 0.2) is 0 Å². The van der Waals surface area contributed by atoms with Crippen LogP contribution in [-0.4, -0.2) is 0 Å². The summed E-state index contributed by atoms with van der Waals surface area (Å²) >= 11 is 5.90. The first-order chi connectivity index (χ1) is 9.15. The number of nitrogens with two attached hydrogens (primary N) is 1. The van der Waals surface area contributed by atoms with Gasteiger partial charge in [-0.05, 0) is 34.9 Å². The second-order valence-corrected chi connectivity index (χ2v) is 5.10. The number of hydrogen-bond donors (Lipinski definition) is 1. The Kier molecular flexibility index (Phi) is 3.27. The Morgan fingerprint density at radius 3 is 2.74 bits per heavy atom. The standard InChI is InChI=1S/C15H13ClFNO/c16-12-3-4-14(17)13(6-12)15(18)9-1-2-10-7-19-8-11(10)5-9/h1-6,15H,7-8,18H2.